The van der Waals surface area contributed by atoms with Gasteiger partial charge in [-0.3, -0.25) is 14.5 Å². The highest BCUT2D eigenvalue weighted by Crippen LogP contribution is 2.22. The molecule has 0 radical (unpaired) electrons. The largest absolute Gasteiger partial charge is 0.452 e. The predicted molar refractivity (Wildman–Crippen MR) is 91.9 cm³/mol. The Kier molecular flexibility index (Phi) is 6.25. The number of nitrogens with one attached hydrogen (secondary N) is 1. The van der Waals surface area contributed by atoms with Crippen molar-refractivity contribution < 1.29 is 19.1 Å². The number of amides is 3. The van der Waals surface area contributed by atoms with Crippen LogP contribution in [0.4, 0.5) is 4.79 Å². The maximum absolute atomic E-state index is 12.0. The van der Waals surface area contributed by atoms with Crippen molar-refractivity contribution in [3.63, 3.8) is 0 Å². The van der Waals surface area contributed by atoms with E-state index < -0.39 is 24.0 Å². The lowest BCUT2D eigenvalue weighted by molar-refractivity contribution is -0.157. The number of thioether (sulfide) groups is 1. The lowest BCUT2D eigenvalue weighted by Crippen LogP contribution is -2.41. The molecule has 3 amide bonds. The predicted octanol–water partition coefficient (Wildman–Crippen LogP) is 2.27. The lowest BCUT2D eigenvalue weighted by Gasteiger charge is -2.18. The summed E-state index contributed by atoms with van der Waals surface area (Å²) in [6.07, 6.45) is -0.741. The van der Waals surface area contributed by atoms with Gasteiger partial charge < -0.3 is 10.1 Å². The van der Waals surface area contributed by atoms with Crippen LogP contribution in [0.15, 0.2) is 23.1 Å². The molecular weight excluding hydrogens is 328 g/mol. The van der Waals surface area contributed by atoms with E-state index in [4.69, 9.17) is 4.74 Å². The van der Waals surface area contributed by atoms with Gasteiger partial charge in [0.15, 0.2) is 6.10 Å². The quantitative estimate of drug-likeness (QED) is 0.629. The Morgan fingerprint density at radius 3 is 2.71 bits per heavy atom. The van der Waals surface area contributed by atoms with Crippen LogP contribution in [0, 0.1) is 13.8 Å². The lowest BCUT2D eigenvalue weighted by atomic mass is 10.1. The Morgan fingerprint density at radius 2 is 2.08 bits per heavy atom. The second kappa shape index (κ2) is 8.19. The molecule has 7 heteroatoms. The minimum absolute atomic E-state index is 0.210. The van der Waals surface area contributed by atoms with Crippen molar-refractivity contribution in [2.75, 3.05) is 18.8 Å². The molecular formula is C17H22N2O4S. The van der Waals surface area contributed by atoms with Gasteiger partial charge in [-0.15, -0.1) is 11.8 Å². The normalized spacial score (nSPS) is 15.1. The smallest absolute Gasteiger partial charge is 0.324 e. The first kappa shape index (κ1) is 18.3. The molecule has 0 spiro atoms. The average molecular weight is 350 g/mol. The zero-order valence-corrected chi connectivity index (χ0v) is 14.9. The molecule has 1 aromatic rings. The molecule has 0 bridgehead atoms. The Labute approximate surface area is 145 Å². The Bertz CT molecular complexity index is 647. The maximum atomic E-state index is 12.0. The van der Waals surface area contributed by atoms with Gasteiger partial charge in [-0.05, 0) is 44.0 Å². The summed E-state index contributed by atoms with van der Waals surface area (Å²) in [4.78, 5) is 37.5. The van der Waals surface area contributed by atoms with E-state index in [2.05, 4.69) is 31.3 Å². The summed E-state index contributed by atoms with van der Waals surface area (Å²) in [6.45, 7) is 6.33. The fourth-order valence-corrected chi connectivity index (χ4v) is 3.19. The third-order valence-corrected chi connectivity index (χ3v) is 4.83. The summed E-state index contributed by atoms with van der Waals surface area (Å²) in [6, 6.07) is 5.73. The average Bonchev–Trinajstić information content (AvgIpc) is 2.96. The molecule has 1 aliphatic heterocycles. The highest BCUT2D eigenvalue weighted by Gasteiger charge is 2.31. The van der Waals surface area contributed by atoms with Crippen LogP contribution in [-0.4, -0.2) is 47.8 Å². The van der Waals surface area contributed by atoms with Gasteiger partial charge in [0.2, 0.25) is 0 Å². The van der Waals surface area contributed by atoms with Crippen LogP contribution in [0.3, 0.4) is 0 Å². The summed E-state index contributed by atoms with van der Waals surface area (Å²) < 4.78 is 5.13. The number of urea groups is 1. The van der Waals surface area contributed by atoms with E-state index in [-0.39, 0.29) is 6.42 Å². The summed E-state index contributed by atoms with van der Waals surface area (Å²) in [5.74, 6) is -0.348. The van der Waals surface area contributed by atoms with E-state index in [1.165, 1.54) is 18.1 Å². The monoisotopic (exact) mass is 350 g/mol. The zero-order valence-electron chi connectivity index (χ0n) is 14.1. The molecule has 1 saturated heterocycles. The topological polar surface area (TPSA) is 75.7 Å². The number of imide groups is 1. The van der Waals surface area contributed by atoms with Crippen LogP contribution in [0.1, 0.15) is 24.5 Å². The van der Waals surface area contributed by atoms with Gasteiger partial charge >= 0.3 is 12.0 Å². The number of ether oxygens (including phenoxy) is 1. The van der Waals surface area contributed by atoms with E-state index in [1.807, 2.05) is 6.07 Å². The molecule has 1 aliphatic rings. The number of carbonyl (C=O) groups excluding carboxylic acids is 3. The van der Waals surface area contributed by atoms with Gasteiger partial charge in [-0.1, -0.05) is 6.07 Å². The van der Waals surface area contributed by atoms with Gasteiger partial charge in [0.05, 0.1) is 6.42 Å². The van der Waals surface area contributed by atoms with Crippen molar-refractivity contribution in [1.29, 1.82) is 0 Å². The molecule has 1 fully saturated rings. The van der Waals surface area contributed by atoms with E-state index in [0.717, 1.165) is 9.80 Å². The number of carbonyl (C=O) groups is 3. The first-order valence-electron chi connectivity index (χ1n) is 7.87. The second-order valence-corrected chi connectivity index (χ2v) is 6.87. The third kappa shape index (κ3) is 4.74. The Balaban J connectivity index is 1.75. The van der Waals surface area contributed by atoms with Crippen LogP contribution in [0.5, 0.6) is 0 Å². The fourth-order valence-electron chi connectivity index (χ4n) is 2.26. The van der Waals surface area contributed by atoms with Gasteiger partial charge in [0.25, 0.3) is 5.91 Å². The van der Waals surface area contributed by atoms with Gasteiger partial charge in [0, 0.05) is 23.7 Å². The van der Waals surface area contributed by atoms with Crippen LogP contribution in [0.2, 0.25) is 0 Å². The van der Waals surface area contributed by atoms with Gasteiger partial charge in [-0.25, -0.2) is 4.79 Å². The van der Waals surface area contributed by atoms with Crippen molar-refractivity contribution >= 4 is 29.7 Å². The van der Waals surface area contributed by atoms with Crippen molar-refractivity contribution in [3.05, 3.63) is 29.3 Å². The molecule has 1 heterocycles. The Morgan fingerprint density at radius 1 is 1.33 bits per heavy atom. The van der Waals surface area contributed by atoms with Crippen molar-refractivity contribution in [2.45, 2.75) is 38.2 Å². The third-order valence-electron chi connectivity index (χ3n) is 3.83. The number of benzene rings is 1. The minimum atomic E-state index is -0.951. The highest BCUT2D eigenvalue weighted by molar-refractivity contribution is 7.99. The second-order valence-electron chi connectivity index (χ2n) is 5.70. The number of hydrogen-bond donors (Lipinski definition) is 1. The van der Waals surface area contributed by atoms with Crippen LogP contribution < -0.4 is 5.32 Å². The summed E-state index contributed by atoms with van der Waals surface area (Å²) in [7, 11) is 0. The number of nitrogens with zero attached hydrogens (tertiary/aromatic N) is 1. The van der Waals surface area contributed by atoms with Crippen LogP contribution in [0.25, 0.3) is 0 Å². The molecule has 0 aliphatic carbocycles. The molecule has 1 aromatic carbocycles. The molecule has 1 N–H and O–H groups in total. The number of rotatable bonds is 6. The first-order valence-corrected chi connectivity index (χ1v) is 8.86. The number of hydrogen-bond acceptors (Lipinski definition) is 5. The SMILES string of the molecule is Cc1ccc(SCCC(=O)OC(C)C(=O)N2CCNC2=O)cc1C. The first-order chi connectivity index (χ1) is 11.4. The van der Waals surface area contributed by atoms with Gasteiger partial charge in [-0.2, -0.15) is 0 Å². The van der Waals surface area contributed by atoms with E-state index in [0.29, 0.717) is 18.8 Å². The van der Waals surface area contributed by atoms with Crippen LogP contribution in [-0.2, 0) is 14.3 Å². The van der Waals surface area contributed by atoms with E-state index in [1.54, 1.807) is 11.8 Å². The van der Waals surface area contributed by atoms with Gasteiger partial charge in [0.1, 0.15) is 0 Å². The molecule has 0 aromatic heterocycles. The summed E-state index contributed by atoms with van der Waals surface area (Å²) >= 11 is 1.57. The molecule has 6 nitrogen and oxygen atoms in total. The Hall–Kier alpha value is -2.02. The van der Waals surface area contributed by atoms with Crippen molar-refractivity contribution in [3.8, 4) is 0 Å². The molecule has 24 heavy (non-hydrogen) atoms. The van der Waals surface area contributed by atoms with Crippen LogP contribution >= 0.6 is 11.8 Å². The van der Waals surface area contributed by atoms with Crippen molar-refractivity contribution in [2.24, 2.45) is 0 Å². The summed E-state index contributed by atoms with van der Waals surface area (Å²) in [5.41, 5.74) is 2.45. The minimum Gasteiger partial charge on any atom is -0.452 e. The van der Waals surface area contributed by atoms with Crippen molar-refractivity contribution in [1.82, 2.24) is 10.2 Å². The molecule has 130 valence electrons. The van der Waals surface area contributed by atoms with E-state index in [9.17, 15) is 14.4 Å². The van der Waals surface area contributed by atoms with E-state index >= 15 is 0 Å². The molecule has 1 unspecified atom stereocenters. The standard InChI is InChI=1S/C17H22N2O4S/c1-11-4-5-14(10-12(11)2)24-9-6-15(20)23-13(3)16(21)19-8-7-18-17(19)22/h4-5,10,13H,6-9H2,1-3H3,(H,18,22). The fraction of sp³-hybridized carbons (Fsp3) is 0.471. The number of esters is 1. The summed E-state index contributed by atoms with van der Waals surface area (Å²) in [5, 5.41) is 2.54. The molecule has 2 rings (SSSR count). The maximum Gasteiger partial charge on any atom is 0.324 e. The highest BCUT2D eigenvalue weighted by atomic mass is 32.2. The number of aryl methyl sites for hydroxylation is 2. The molecule has 0 saturated carbocycles. The molecule has 1 atom stereocenters. The zero-order chi connectivity index (χ0) is 17.7.